The molecule has 2 heterocycles. The Hall–Kier alpha value is -2.54. The average Bonchev–Trinajstić information content (AvgIpc) is 3.33. The van der Waals surface area contributed by atoms with Crippen molar-refractivity contribution in [2.45, 2.75) is 18.7 Å². The number of aromatic nitrogens is 1. The predicted molar refractivity (Wildman–Crippen MR) is 100 cm³/mol. The molecular weight excluding hydrogens is 373 g/mol. The van der Waals surface area contributed by atoms with Gasteiger partial charge in [-0.2, -0.15) is 18.2 Å². The Morgan fingerprint density at radius 1 is 1.00 bits per heavy atom. The number of ether oxygens (including phenoxy) is 1. The molecule has 0 aliphatic carbocycles. The first-order valence-corrected chi connectivity index (χ1v) is 9.47. The van der Waals surface area contributed by atoms with Crippen LogP contribution >= 0.6 is 11.3 Å². The summed E-state index contributed by atoms with van der Waals surface area (Å²) >= 11 is 0.888. The van der Waals surface area contributed by atoms with Crippen LogP contribution < -0.4 is 9.64 Å². The highest BCUT2D eigenvalue weighted by atomic mass is 32.1. The van der Waals surface area contributed by atoms with Crippen molar-refractivity contribution in [3.63, 3.8) is 0 Å². The fraction of sp³-hybridized carbons (Fsp3) is 0.250. The highest BCUT2D eigenvalue weighted by Crippen LogP contribution is 2.34. The van der Waals surface area contributed by atoms with Crippen LogP contribution in [0.4, 0.5) is 18.9 Å². The zero-order valence-electron chi connectivity index (χ0n) is 14.3. The molecule has 4 rings (SSSR count). The molecule has 1 aliphatic heterocycles. The standard InChI is InChI=1S/C20H17F3N2OS/c21-20(22,23)18-13-27-19(24-18)26-17-10-11-25(12-17)16-8-6-15(7-9-16)14-4-2-1-3-5-14/h1-9,13,17H,10-12H2/t17-/m0/s1. The summed E-state index contributed by atoms with van der Waals surface area (Å²) in [6, 6.07) is 18.4. The first-order chi connectivity index (χ1) is 13.0. The van der Waals surface area contributed by atoms with Crippen LogP contribution in [0.3, 0.4) is 0 Å². The van der Waals surface area contributed by atoms with E-state index < -0.39 is 11.9 Å². The van der Waals surface area contributed by atoms with E-state index in [0.717, 1.165) is 46.5 Å². The van der Waals surface area contributed by atoms with Gasteiger partial charge in [0.25, 0.3) is 5.19 Å². The zero-order chi connectivity index (χ0) is 18.9. The molecule has 1 fully saturated rings. The highest BCUT2D eigenvalue weighted by Gasteiger charge is 2.34. The first kappa shape index (κ1) is 17.9. The Kier molecular flexibility index (Phi) is 4.78. The molecule has 1 atom stereocenters. The Morgan fingerprint density at radius 2 is 1.70 bits per heavy atom. The van der Waals surface area contributed by atoms with E-state index in [1.165, 1.54) is 0 Å². The maximum Gasteiger partial charge on any atom is 0.434 e. The minimum Gasteiger partial charge on any atom is -0.465 e. The van der Waals surface area contributed by atoms with Crippen molar-refractivity contribution in [1.29, 1.82) is 0 Å². The highest BCUT2D eigenvalue weighted by molar-refractivity contribution is 7.11. The van der Waals surface area contributed by atoms with E-state index in [4.69, 9.17) is 4.74 Å². The number of halogens is 3. The SMILES string of the molecule is FC(F)(F)c1csc(O[C@H]2CCN(c3ccc(-c4ccccc4)cc3)C2)n1. The summed E-state index contributed by atoms with van der Waals surface area (Å²) in [6.07, 6.45) is -3.84. The van der Waals surface area contributed by atoms with Crippen LogP contribution in [0.2, 0.25) is 0 Å². The van der Waals surface area contributed by atoms with Crippen LogP contribution in [0.25, 0.3) is 11.1 Å². The normalized spacial score (nSPS) is 17.3. The summed E-state index contributed by atoms with van der Waals surface area (Å²) in [6.45, 7) is 1.43. The first-order valence-electron chi connectivity index (χ1n) is 8.59. The van der Waals surface area contributed by atoms with E-state index in [-0.39, 0.29) is 11.3 Å². The lowest BCUT2D eigenvalue weighted by molar-refractivity contribution is -0.140. The van der Waals surface area contributed by atoms with Gasteiger partial charge in [0.2, 0.25) is 0 Å². The minimum atomic E-state index is -4.43. The molecule has 27 heavy (non-hydrogen) atoms. The predicted octanol–water partition coefficient (Wildman–Crippen LogP) is 5.49. The molecule has 1 saturated heterocycles. The lowest BCUT2D eigenvalue weighted by Gasteiger charge is -2.19. The second-order valence-corrected chi connectivity index (χ2v) is 7.20. The third kappa shape index (κ3) is 4.08. The van der Waals surface area contributed by atoms with Crippen LogP contribution in [0.1, 0.15) is 12.1 Å². The van der Waals surface area contributed by atoms with Crippen molar-refractivity contribution >= 4 is 17.0 Å². The fourth-order valence-electron chi connectivity index (χ4n) is 3.14. The van der Waals surface area contributed by atoms with Crippen LogP contribution in [0.15, 0.2) is 60.0 Å². The number of hydrogen-bond donors (Lipinski definition) is 0. The molecule has 1 aromatic heterocycles. The number of hydrogen-bond acceptors (Lipinski definition) is 4. The zero-order valence-corrected chi connectivity index (χ0v) is 15.1. The van der Waals surface area contributed by atoms with Gasteiger partial charge in [-0.25, -0.2) is 0 Å². The van der Waals surface area contributed by atoms with Gasteiger partial charge in [-0.1, -0.05) is 53.8 Å². The van der Waals surface area contributed by atoms with Crippen molar-refractivity contribution in [2.75, 3.05) is 18.0 Å². The molecule has 0 saturated carbocycles. The van der Waals surface area contributed by atoms with Crippen molar-refractivity contribution in [3.8, 4) is 16.3 Å². The van der Waals surface area contributed by atoms with Gasteiger partial charge in [-0.3, -0.25) is 0 Å². The molecule has 2 aromatic carbocycles. The Bertz CT molecular complexity index is 894. The van der Waals surface area contributed by atoms with Crippen LogP contribution in [-0.2, 0) is 6.18 Å². The van der Waals surface area contributed by atoms with E-state index in [2.05, 4.69) is 46.3 Å². The Labute approximate surface area is 159 Å². The quantitative estimate of drug-likeness (QED) is 0.589. The van der Waals surface area contributed by atoms with Crippen molar-refractivity contribution < 1.29 is 17.9 Å². The minimum absolute atomic E-state index is 0.0774. The summed E-state index contributed by atoms with van der Waals surface area (Å²) in [4.78, 5) is 5.72. The molecule has 0 bridgehead atoms. The summed E-state index contributed by atoms with van der Waals surface area (Å²) in [5, 5.41) is 1.07. The lowest BCUT2D eigenvalue weighted by atomic mass is 10.1. The van der Waals surface area contributed by atoms with Gasteiger partial charge in [0.05, 0.1) is 6.54 Å². The summed E-state index contributed by atoms with van der Waals surface area (Å²) in [5.74, 6) is 0. The third-order valence-corrected chi connectivity index (χ3v) is 5.26. The number of nitrogens with zero attached hydrogens (tertiary/aromatic N) is 2. The van der Waals surface area contributed by atoms with Gasteiger partial charge < -0.3 is 9.64 Å². The van der Waals surface area contributed by atoms with Crippen molar-refractivity contribution in [2.24, 2.45) is 0 Å². The second kappa shape index (κ2) is 7.23. The number of benzene rings is 2. The molecule has 0 unspecified atom stereocenters. The molecule has 0 amide bonds. The topological polar surface area (TPSA) is 25.4 Å². The largest absolute Gasteiger partial charge is 0.465 e. The molecule has 3 aromatic rings. The number of thiazole rings is 1. The van der Waals surface area contributed by atoms with Gasteiger partial charge in [0.15, 0.2) is 5.69 Å². The van der Waals surface area contributed by atoms with Gasteiger partial charge in [-0.05, 0) is 23.3 Å². The molecular formula is C20H17F3N2OS. The van der Waals surface area contributed by atoms with Crippen molar-refractivity contribution in [1.82, 2.24) is 4.98 Å². The average molecular weight is 390 g/mol. The van der Waals surface area contributed by atoms with Crippen LogP contribution in [-0.4, -0.2) is 24.2 Å². The second-order valence-electron chi connectivity index (χ2n) is 6.38. The van der Waals surface area contributed by atoms with Crippen LogP contribution in [0.5, 0.6) is 5.19 Å². The maximum atomic E-state index is 12.6. The molecule has 0 radical (unpaired) electrons. The van der Waals surface area contributed by atoms with E-state index >= 15 is 0 Å². The summed E-state index contributed by atoms with van der Waals surface area (Å²) in [5.41, 5.74) is 2.49. The number of alkyl halides is 3. The lowest BCUT2D eigenvalue weighted by Crippen LogP contribution is -2.24. The van der Waals surface area contributed by atoms with Gasteiger partial charge in [-0.15, -0.1) is 0 Å². The maximum absolute atomic E-state index is 12.6. The van der Waals surface area contributed by atoms with E-state index in [9.17, 15) is 13.2 Å². The molecule has 140 valence electrons. The fourth-order valence-corrected chi connectivity index (χ4v) is 3.88. The monoisotopic (exact) mass is 390 g/mol. The van der Waals surface area contributed by atoms with Gasteiger partial charge >= 0.3 is 6.18 Å². The Balaban J connectivity index is 1.39. The van der Waals surface area contributed by atoms with E-state index in [0.29, 0.717) is 6.54 Å². The summed E-state index contributed by atoms with van der Waals surface area (Å²) in [7, 11) is 0. The van der Waals surface area contributed by atoms with Gasteiger partial charge in [0.1, 0.15) is 6.10 Å². The van der Waals surface area contributed by atoms with Crippen molar-refractivity contribution in [3.05, 3.63) is 65.7 Å². The molecule has 0 N–H and O–H groups in total. The molecule has 3 nitrogen and oxygen atoms in total. The third-order valence-electron chi connectivity index (χ3n) is 4.53. The van der Waals surface area contributed by atoms with Gasteiger partial charge in [0, 0.05) is 24.0 Å². The molecule has 7 heteroatoms. The smallest absolute Gasteiger partial charge is 0.434 e. The van der Waals surface area contributed by atoms with Crippen LogP contribution in [0, 0.1) is 0 Å². The number of anilines is 1. The van der Waals surface area contributed by atoms with E-state index in [1.807, 2.05) is 18.2 Å². The summed E-state index contributed by atoms with van der Waals surface area (Å²) < 4.78 is 43.6. The Morgan fingerprint density at radius 3 is 2.37 bits per heavy atom. The molecule has 0 spiro atoms. The number of rotatable bonds is 4. The van der Waals surface area contributed by atoms with E-state index in [1.54, 1.807) is 0 Å². The molecule has 1 aliphatic rings.